The van der Waals surface area contributed by atoms with Gasteiger partial charge in [-0.25, -0.2) is 0 Å². The van der Waals surface area contributed by atoms with Gasteiger partial charge in [0.2, 0.25) is 0 Å². The van der Waals surface area contributed by atoms with Crippen molar-refractivity contribution in [2.45, 2.75) is 0 Å². The van der Waals surface area contributed by atoms with Crippen LogP contribution in [0.3, 0.4) is 0 Å². The fraction of sp³-hybridized carbons (Fsp3) is 0. The molecule has 0 aliphatic heterocycles. The number of hydrogen-bond acceptors (Lipinski definition) is 1. The smallest absolute Gasteiger partial charge is 0.0991 e. The topological polar surface area (TPSA) is 23.8 Å². The molecule has 1 nitrogen and oxygen atoms in total. The van der Waals surface area contributed by atoms with Crippen LogP contribution in [-0.2, 0) is 0 Å². The minimum absolute atomic E-state index is 0.677. The lowest BCUT2D eigenvalue weighted by Crippen LogP contribution is -1.89. The van der Waals surface area contributed by atoms with Crippen molar-refractivity contribution < 1.29 is 0 Å². The molecule has 148 valence electrons. The molecule has 0 aliphatic carbocycles. The summed E-state index contributed by atoms with van der Waals surface area (Å²) in [5, 5.41) is 16.7. The Hall–Kier alpha value is -4.41. The average Bonchev–Trinajstić information content (AvgIpc) is 2.88. The van der Waals surface area contributed by atoms with E-state index >= 15 is 0 Å². The Balaban J connectivity index is 1.77. The van der Waals surface area contributed by atoms with Crippen LogP contribution in [0.15, 0.2) is 115 Å². The van der Waals surface area contributed by atoms with E-state index in [4.69, 9.17) is 0 Å². The molecule has 0 unspecified atom stereocenters. The number of nitrogens with zero attached hydrogens (tertiary/aromatic N) is 1. The lowest BCUT2D eigenvalue weighted by atomic mass is 9.87. The molecule has 0 spiro atoms. The molecule has 0 saturated carbocycles. The van der Waals surface area contributed by atoms with E-state index in [1.54, 1.807) is 0 Å². The SMILES string of the molecule is N#Cc1ccc(-c2cc3cc(-c4ccccc4)c4ccccc4c3c3ccccc23)cc1. The summed E-state index contributed by atoms with van der Waals surface area (Å²) in [4.78, 5) is 0. The van der Waals surface area contributed by atoms with E-state index in [1.807, 2.05) is 24.3 Å². The number of benzene rings is 6. The zero-order valence-electron chi connectivity index (χ0n) is 17.4. The van der Waals surface area contributed by atoms with Gasteiger partial charge in [-0.3, -0.25) is 0 Å². The van der Waals surface area contributed by atoms with Gasteiger partial charge in [0.05, 0.1) is 11.6 Å². The summed E-state index contributed by atoms with van der Waals surface area (Å²) in [6.45, 7) is 0. The Morgan fingerprint density at radius 2 is 0.938 bits per heavy atom. The molecule has 6 aromatic rings. The minimum atomic E-state index is 0.677. The first-order valence-corrected chi connectivity index (χ1v) is 10.8. The van der Waals surface area contributed by atoms with Crippen LogP contribution in [0.25, 0.3) is 54.6 Å². The lowest BCUT2D eigenvalue weighted by molar-refractivity contribution is 1.48. The highest BCUT2D eigenvalue weighted by Crippen LogP contribution is 2.41. The second kappa shape index (κ2) is 7.38. The maximum absolute atomic E-state index is 9.20. The van der Waals surface area contributed by atoms with Gasteiger partial charge >= 0.3 is 0 Å². The fourth-order valence-electron chi connectivity index (χ4n) is 4.80. The van der Waals surface area contributed by atoms with E-state index in [0.29, 0.717) is 5.56 Å². The van der Waals surface area contributed by atoms with Crippen molar-refractivity contribution in [3.05, 3.63) is 121 Å². The molecule has 0 saturated heterocycles. The molecule has 0 radical (unpaired) electrons. The number of fused-ring (bicyclic) bond motifs is 5. The predicted octanol–water partition coefficient (Wildman–Crippen LogP) is 8.35. The molecule has 6 rings (SSSR count). The average molecular weight is 406 g/mol. The summed E-state index contributed by atoms with van der Waals surface area (Å²) >= 11 is 0. The molecule has 32 heavy (non-hydrogen) atoms. The van der Waals surface area contributed by atoms with E-state index in [0.717, 1.165) is 5.56 Å². The molecule has 0 bridgehead atoms. The molecular formula is C31H19N. The number of rotatable bonds is 2. The first kappa shape index (κ1) is 18.4. The Labute approximate surface area is 186 Å². The standard InChI is InChI=1S/C31H19N/c32-20-21-14-16-23(17-15-21)30-19-24-18-29(22-8-2-1-3-9-22)25-10-4-6-12-27(25)31(24)28-13-7-5-11-26(28)30/h1-19H. The van der Waals surface area contributed by atoms with Crippen LogP contribution in [0.2, 0.25) is 0 Å². The second-order valence-corrected chi connectivity index (χ2v) is 8.09. The Morgan fingerprint density at radius 3 is 1.47 bits per heavy atom. The van der Waals surface area contributed by atoms with E-state index in [9.17, 15) is 5.26 Å². The van der Waals surface area contributed by atoms with E-state index in [-0.39, 0.29) is 0 Å². The summed E-state index contributed by atoms with van der Waals surface area (Å²) in [5.74, 6) is 0. The van der Waals surface area contributed by atoms with Gasteiger partial charge in [-0.1, -0.05) is 91.0 Å². The van der Waals surface area contributed by atoms with E-state index in [1.165, 1.54) is 49.0 Å². The first-order chi connectivity index (χ1) is 15.8. The summed E-state index contributed by atoms with van der Waals surface area (Å²) in [6.07, 6.45) is 0. The van der Waals surface area contributed by atoms with Gasteiger partial charge in [-0.15, -0.1) is 0 Å². The van der Waals surface area contributed by atoms with Crippen LogP contribution in [0.4, 0.5) is 0 Å². The molecule has 0 atom stereocenters. The van der Waals surface area contributed by atoms with Crippen molar-refractivity contribution in [1.29, 1.82) is 5.26 Å². The molecular weight excluding hydrogens is 386 g/mol. The fourth-order valence-corrected chi connectivity index (χ4v) is 4.80. The zero-order valence-corrected chi connectivity index (χ0v) is 17.4. The third-order valence-corrected chi connectivity index (χ3v) is 6.27. The third kappa shape index (κ3) is 2.86. The molecule has 0 aliphatic rings. The van der Waals surface area contributed by atoms with Crippen molar-refractivity contribution in [2.24, 2.45) is 0 Å². The highest BCUT2D eigenvalue weighted by molar-refractivity contribution is 6.25. The van der Waals surface area contributed by atoms with E-state index in [2.05, 4.69) is 97.1 Å². The van der Waals surface area contributed by atoms with Gasteiger partial charge < -0.3 is 0 Å². The van der Waals surface area contributed by atoms with Gasteiger partial charge in [-0.2, -0.15) is 5.26 Å². The monoisotopic (exact) mass is 405 g/mol. The second-order valence-electron chi connectivity index (χ2n) is 8.09. The van der Waals surface area contributed by atoms with Gasteiger partial charge in [0.15, 0.2) is 0 Å². The van der Waals surface area contributed by atoms with Crippen LogP contribution in [0.5, 0.6) is 0 Å². The highest BCUT2D eigenvalue weighted by atomic mass is 14.2. The quantitative estimate of drug-likeness (QED) is 0.266. The molecule has 0 N–H and O–H groups in total. The van der Waals surface area contributed by atoms with Gasteiger partial charge in [0.25, 0.3) is 0 Å². The van der Waals surface area contributed by atoms with Crippen molar-refractivity contribution in [3.63, 3.8) is 0 Å². The van der Waals surface area contributed by atoms with Crippen molar-refractivity contribution in [2.75, 3.05) is 0 Å². The molecule has 1 heteroatoms. The van der Waals surface area contributed by atoms with Crippen LogP contribution < -0.4 is 0 Å². The highest BCUT2D eigenvalue weighted by Gasteiger charge is 2.14. The predicted molar refractivity (Wildman–Crippen MR) is 135 cm³/mol. The van der Waals surface area contributed by atoms with Crippen LogP contribution in [0.1, 0.15) is 5.56 Å². The molecule has 6 aromatic carbocycles. The summed E-state index contributed by atoms with van der Waals surface area (Å²) in [5.41, 5.74) is 5.45. The summed E-state index contributed by atoms with van der Waals surface area (Å²) < 4.78 is 0. The summed E-state index contributed by atoms with van der Waals surface area (Å²) in [7, 11) is 0. The van der Waals surface area contributed by atoms with Crippen LogP contribution in [-0.4, -0.2) is 0 Å². The molecule has 0 amide bonds. The minimum Gasteiger partial charge on any atom is -0.192 e. The normalized spacial score (nSPS) is 11.1. The third-order valence-electron chi connectivity index (χ3n) is 6.27. The van der Waals surface area contributed by atoms with Gasteiger partial charge in [0, 0.05) is 0 Å². The molecule has 0 aromatic heterocycles. The molecule has 0 fully saturated rings. The Kier molecular flexibility index (Phi) is 4.23. The van der Waals surface area contributed by atoms with Crippen molar-refractivity contribution in [1.82, 2.24) is 0 Å². The van der Waals surface area contributed by atoms with Gasteiger partial charge in [0.1, 0.15) is 0 Å². The van der Waals surface area contributed by atoms with Crippen LogP contribution >= 0.6 is 0 Å². The van der Waals surface area contributed by atoms with Crippen LogP contribution in [0, 0.1) is 11.3 Å². The largest absolute Gasteiger partial charge is 0.192 e. The Bertz CT molecular complexity index is 1650. The lowest BCUT2D eigenvalue weighted by Gasteiger charge is -2.16. The maximum Gasteiger partial charge on any atom is 0.0991 e. The van der Waals surface area contributed by atoms with Crippen molar-refractivity contribution >= 4 is 32.3 Å². The maximum atomic E-state index is 9.20. The van der Waals surface area contributed by atoms with Crippen molar-refractivity contribution in [3.8, 4) is 28.3 Å². The Morgan fingerprint density at radius 1 is 0.469 bits per heavy atom. The zero-order chi connectivity index (χ0) is 21.5. The van der Waals surface area contributed by atoms with E-state index < -0.39 is 0 Å². The first-order valence-electron chi connectivity index (χ1n) is 10.8. The summed E-state index contributed by atoms with van der Waals surface area (Å²) in [6, 6.07) is 42.7. The van der Waals surface area contributed by atoms with Gasteiger partial charge in [-0.05, 0) is 78.8 Å². The number of hydrogen-bond donors (Lipinski definition) is 0. The number of nitriles is 1. The molecule has 0 heterocycles.